The molecule has 0 bridgehead atoms. The van der Waals surface area contributed by atoms with Crippen molar-refractivity contribution in [3.63, 3.8) is 0 Å². The van der Waals surface area contributed by atoms with Crippen LogP contribution in [0.5, 0.6) is 0 Å². The molecule has 8 heteroatoms. The Kier molecular flexibility index (Phi) is 4.58. The summed E-state index contributed by atoms with van der Waals surface area (Å²) in [6.45, 7) is -0.103. The summed E-state index contributed by atoms with van der Waals surface area (Å²) in [5, 5.41) is 10.9. The molecule has 1 saturated carbocycles. The summed E-state index contributed by atoms with van der Waals surface area (Å²) in [6, 6.07) is 7.10. The second-order valence-corrected chi connectivity index (χ2v) is 5.06. The maximum Gasteiger partial charge on any atom is 0.407 e. The van der Waals surface area contributed by atoms with Crippen LogP contribution in [0, 0.1) is 11.8 Å². The molecule has 0 spiro atoms. The maximum absolute atomic E-state index is 12.7. The van der Waals surface area contributed by atoms with Gasteiger partial charge < -0.3 is 15.2 Å². The number of benzene rings is 1. The number of carbonyl (C=O) groups is 2. The van der Waals surface area contributed by atoms with Gasteiger partial charge in [0.2, 0.25) is 0 Å². The molecule has 0 saturated heterocycles. The number of carboxylic acids is 1. The van der Waals surface area contributed by atoms with E-state index in [1.165, 1.54) is 0 Å². The van der Waals surface area contributed by atoms with Crippen LogP contribution in [0.2, 0.25) is 0 Å². The van der Waals surface area contributed by atoms with Gasteiger partial charge in [0.05, 0.1) is 17.9 Å². The topological polar surface area (TPSA) is 75.6 Å². The first-order valence-corrected chi connectivity index (χ1v) is 6.56. The van der Waals surface area contributed by atoms with Crippen LogP contribution < -0.4 is 5.32 Å². The Bertz CT molecular complexity index is 547. The number of carboxylic acid groups (broad SMARTS) is 1. The lowest BCUT2D eigenvalue weighted by Crippen LogP contribution is -2.60. The van der Waals surface area contributed by atoms with E-state index in [-0.39, 0.29) is 6.61 Å². The molecule has 1 amide bonds. The van der Waals surface area contributed by atoms with Crippen molar-refractivity contribution in [3.8, 4) is 0 Å². The van der Waals surface area contributed by atoms with E-state index in [2.05, 4.69) is 0 Å². The molecule has 2 rings (SSSR count). The number of alkyl halides is 3. The highest BCUT2D eigenvalue weighted by molar-refractivity contribution is 5.75. The summed E-state index contributed by atoms with van der Waals surface area (Å²) < 4.78 is 42.9. The summed E-state index contributed by atoms with van der Waals surface area (Å²) in [4.78, 5) is 22.4. The van der Waals surface area contributed by atoms with Crippen LogP contribution in [0.15, 0.2) is 30.3 Å². The summed E-state index contributed by atoms with van der Waals surface area (Å²) in [5.74, 6) is -4.48. The molecule has 1 aromatic rings. The fraction of sp³-hybridized carbons (Fsp3) is 0.429. The van der Waals surface area contributed by atoms with Crippen molar-refractivity contribution in [1.29, 1.82) is 0 Å². The first kappa shape index (κ1) is 16.1. The van der Waals surface area contributed by atoms with Gasteiger partial charge in [-0.05, 0) is 12.0 Å². The Morgan fingerprint density at radius 3 is 2.45 bits per heavy atom. The standard InChI is InChI=1S/C14H14F3NO4/c15-14(16,17)10-6-9(12(19)20)11(10)18-13(21)22-7-8-4-2-1-3-5-8/h1-5,9-11H,6-7H2,(H,18,21)(H,19,20)/t9-,10+,11+/m1/s1. The van der Waals surface area contributed by atoms with Crippen molar-refractivity contribution in [3.05, 3.63) is 35.9 Å². The van der Waals surface area contributed by atoms with Crippen molar-refractivity contribution in [2.75, 3.05) is 0 Å². The minimum Gasteiger partial charge on any atom is -0.481 e. The van der Waals surface area contributed by atoms with Gasteiger partial charge in [-0.1, -0.05) is 30.3 Å². The largest absolute Gasteiger partial charge is 0.481 e. The summed E-state index contributed by atoms with van der Waals surface area (Å²) in [5.41, 5.74) is 0.674. The first-order valence-electron chi connectivity index (χ1n) is 6.56. The molecule has 3 atom stereocenters. The van der Waals surface area contributed by atoms with Gasteiger partial charge in [0, 0.05) is 0 Å². The lowest BCUT2D eigenvalue weighted by Gasteiger charge is -2.42. The van der Waals surface area contributed by atoms with Crippen LogP contribution >= 0.6 is 0 Å². The van der Waals surface area contributed by atoms with Crippen LogP contribution in [0.25, 0.3) is 0 Å². The second-order valence-electron chi connectivity index (χ2n) is 5.06. The fourth-order valence-corrected chi connectivity index (χ4v) is 2.35. The average molecular weight is 317 g/mol. The van der Waals surface area contributed by atoms with Crippen molar-refractivity contribution >= 4 is 12.1 Å². The number of hydrogen-bond acceptors (Lipinski definition) is 3. The lowest BCUT2D eigenvalue weighted by molar-refractivity contribution is -0.217. The van der Waals surface area contributed by atoms with Gasteiger partial charge in [-0.2, -0.15) is 13.2 Å². The highest BCUT2D eigenvalue weighted by Gasteiger charge is 2.58. The summed E-state index contributed by atoms with van der Waals surface area (Å²) in [7, 11) is 0. The van der Waals surface area contributed by atoms with Gasteiger partial charge in [-0.15, -0.1) is 0 Å². The molecular formula is C14H14F3NO4. The van der Waals surface area contributed by atoms with E-state index >= 15 is 0 Å². The van der Waals surface area contributed by atoms with E-state index in [9.17, 15) is 22.8 Å². The molecule has 22 heavy (non-hydrogen) atoms. The zero-order chi connectivity index (χ0) is 16.3. The summed E-state index contributed by atoms with van der Waals surface area (Å²) >= 11 is 0. The molecule has 1 aromatic carbocycles. The number of alkyl carbamates (subject to hydrolysis) is 1. The third-order valence-electron chi connectivity index (χ3n) is 3.61. The molecule has 0 unspecified atom stereocenters. The molecule has 1 aliphatic rings. The van der Waals surface area contributed by atoms with Gasteiger partial charge in [0.15, 0.2) is 0 Å². The predicted molar refractivity (Wildman–Crippen MR) is 68.8 cm³/mol. The Hall–Kier alpha value is -2.25. The lowest BCUT2D eigenvalue weighted by atomic mass is 9.69. The van der Waals surface area contributed by atoms with E-state index in [1.54, 1.807) is 30.3 Å². The molecule has 1 aliphatic carbocycles. The highest BCUT2D eigenvalue weighted by Crippen LogP contribution is 2.45. The zero-order valence-corrected chi connectivity index (χ0v) is 11.3. The number of nitrogens with one attached hydrogen (secondary N) is 1. The van der Waals surface area contributed by atoms with Crippen LogP contribution in [0.3, 0.4) is 0 Å². The SMILES string of the molecule is O=C(N[C@H]1[C@H](C(=O)O)C[C@@H]1C(F)(F)F)OCc1ccccc1. The predicted octanol–water partition coefficient (Wildman–Crippen LogP) is 2.56. The Morgan fingerprint density at radius 2 is 1.91 bits per heavy atom. The monoisotopic (exact) mass is 317 g/mol. The smallest absolute Gasteiger partial charge is 0.407 e. The van der Waals surface area contributed by atoms with Crippen LogP contribution in [-0.2, 0) is 16.1 Å². The fourth-order valence-electron chi connectivity index (χ4n) is 2.35. The van der Waals surface area contributed by atoms with Gasteiger partial charge in [-0.25, -0.2) is 4.79 Å². The van der Waals surface area contributed by atoms with E-state index in [1.807, 2.05) is 5.32 Å². The van der Waals surface area contributed by atoms with E-state index in [4.69, 9.17) is 9.84 Å². The minimum absolute atomic E-state index is 0.103. The number of ether oxygens (including phenoxy) is 1. The van der Waals surface area contributed by atoms with E-state index < -0.39 is 42.5 Å². The maximum atomic E-state index is 12.7. The number of aliphatic carboxylic acids is 1. The normalized spacial score (nSPS) is 24.2. The zero-order valence-electron chi connectivity index (χ0n) is 11.3. The third kappa shape index (κ3) is 3.69. The quantitative estimate of drug-likeness (QED) is 0.895. The number of amides is 1. The Morgan fingerprint density at radius 1 is 1.27 bits per heavy atom. The van der Waals surface area contributed by atoms with E-state index in [0.717, 1.165) is 0 Å². The Labute approximate surface area is 124 Å². The molecule has 0 heterocycles. The molecule has 0 radical (unpaired) electrons. The second kappa shape index (κ2) is 6.25. The van der Waals surface area contributed by atoms with Crippen molar-refractivity contribution in [2.24, 2.45) is 11.8 Å². The first-order chi connectivity index (χ1) is 10.3. The van der Waals surface area contributed by atoms with Gasteiger partial charge in [-0.3, -0.25) is 4.79 Å². The van der Waals surface area contributed by atoms with Crippen molar-refractivity contribution in [1.82, 2.24) is 5.32 Å². The van der Waals surface area contributed by atoms with Gasteiger partial charge in [0.25, 0.3) is 0 Å². The number of carbonyl (C=O) groups excluding carboxylic acids is 1. The van der Waals surface area contributed by atoms with Crippen molar-refractivity contribution < 1.29 is 32.6 Å². The molecular weight excluding hydrogens is 303 g/mol. The molecule has 1 fully saturated rings. The van der Waals surface area contributed by atoms with Crippen LogP contribution in [0.1, 0.15) is 12.0 Å². The van der Waals surface area contributed by atoms with Crippen LogP contribution in [0.4, 0.5) is 18.0 Å². The summed E-state index contributed by atoms with van der Waals surface area (Å²) in [6.07, 6.45) is -6.15. The molecule has 120 valence electrons. The molecule has 5 nitrogen and oxygen atoms in total. The van der Waals surface area contributed by atoms with Gasteiger partial charge >= 0.3 is 18.2 Å². The number of halogens is 3. The minimum atomic E-state index is -4.55. The number of rotatable bonds is 4. The molecule has 2 N–H and O–H groups in total. The van der Waals surface area contributed by atoms with Gasteiger partial charge in [0.1, 0.15) is 6.61 Å². The highest BCUT2D eigenvalue weighted by atomic mass is 19.4. The molecule has 0 aromatic heterocycles. The number of hydrogen-bond donors (Lipinski definition) is 2. The molecule has 0 aliphatic heterocycles. The van der Waals surface area contributed by atoms with E-state index in [0.29, 0.717) is 5.56 Å². The van der Waals surface area contributed by atoms with Crippen LogP contribution in [-0.4, -0.2) is 29.4 Å². The Balaban J connectivity index is 1.91. The van der Waals surface area contributed by atoms with Crippen molar-refractivity contribution in [2.45, 2.75) is 25.2 Å². The third-order valence-corrected chi connectivity index (χ3v) is 3.61. The average Bonchev–Trinajstić information content (AvgIpc) is 2.40.